The smallest absolute Gasteiger partial charge is 0.224 e. The Labute approximate surface area is 167 Å². The minimum Gasteiger partial charge on any atom is -0.357 e. The second kappa shape index (κ2) is 13.3. The Morgan fingerprint density at radius 2 is 1.83 bits per heavy atom. The number of aliphatic imine (C=N–C) groups is 1. The quantitative estimate of drug-likeness (QED) is 0.351. The fourth-order valence-corrected chi connectivity index (χ4v) is 2.35. The van der Waals surface area contributed by atoms with Gasteiger partial charge < -0.3 is 15.5 Å². The standard InChI is InChI=1S/C17H27ClN4O.HI/c1-4-19-17(20-12-11-16(23)22(5-2)6-3)21-13-14-9-7-8-10-15(14)18;/h7-10H,4-6,11-13H2,1-3H3,(H2,19,20,21);1H. The summed E-state index contributed by atoms with van der Waals surface area (Å²) in [6.45, 7) is 9.30. The molecule has 0 spiro atoms. The lowest BCUT2D eigenvalue weighted by molar-refractivity contribution is -0.130. The Kier molecular flexibility index (Phi) is 12.7. The molecule has 1 aromatic carbocycles. The van der Waals surface area contributed by atoms with Gasteiger partial charge in [-0.25, -0.2) is 4.99 Å². The summed E-state index contributed by atoms with van der Waals surface area (Å²) in [6.07, 6.45) is 0.457. The van der Waals surface area contributed by atoms with Crippen LogP contribution in [0.4, 0.5) is 0 Å². The third-order valence-electron chi connectivity index (χ3n) is 3.46. The molecule has 1 amide bonds. The zero-order valence-electron chi connectivity index (χ0n) is 14.6. The molecule has 0 saturated carbocycles. The maximum atomic E-state index is 12.0. The van der Waals surface area contributed by atoms with Crippen LogP contribution in [0, 0.1) is 0 Å². The number of guanidine groups is 1. The van der Waals surface area contributed by atoms with Gasteiger partial charge in [0, 0.05) is 37.6 Å². The van der Waals surface area contributed by atoms with Gasteiger partial charge in [0.1, 0.15) is 0 Å². The van der Waals surface area contributed by atoms with E-state index >= 15 is 0 Å². The summed E-state index contributed by atoms with van der Waals surface area (Å²) in [4.78, 5) is 18.3. The van der Waals surface area contributed by atoms with Gasteiger partial charge in [0.05, 0.1) is 6.54 Å². The Balaban J connectivity index is 0.00000529. The number of rotatable bonds is 8. The van der Waals surface area contributed by atoms with Crippen molar-refractivity contribution in [2.24, 2.45) is 4.99 Å². The number of nitrogens with one attached hydrogen (secondary N) is 2. The first kappa shape index (κ1) is 23.0. The van der Waals surface area contributed by atoms with E-state index in [2.05, 4.69) is 15.6 Å². The number of carbonyl (C=O) groups excluding carboxylic acids is 1. The SMILES string of the molecule is CCNC(=NCc1ccccc1Cl)NCCC(=O)N(CC)CC.I. The first-order chi connectivity index (χ1) is 11.1. The second-order valence-corrected chi connectivity index (χ2v) is 5.44. The van der Waals surface area contributed by atoms with Crippen molar-refractivity contribution in [2.45, 2.75) is 33.7 Å². The zero-order valence-corrected chi connectivity index (χ0v) is 17.7. The van der Waals surface area contributed by atoms with Crippen molar-refractivity contribution in [1.82, 2.24) is 15.5 Å². The molecule has 0 aromatic heterocycles. The van der Waals surface area contributed by atoms with Gasteiger partial charge in [0.2, 0.25) is 5.91 Å². The lowest BCUT2D eigenvalue weighted by Gasteiger charge is -2.19. The van der Waals surface area contributed by atoms with Crippen LogP contribution in [0.15, 0.2) is 29.3 Å². The van der Waals surface area contributed by atoms with Crippen molar-refractivity contribution in [2.75, 3.05) is 26.2 Å². The molecular formula is C17H28ClIN4O. The van der Waals surface area contributed by atoms with E-state index in [-0.39, 0.29) is 29.9 Å². The van der Waals surface area contributed by atoms with Crippen molar-refractivity contribution < 1.29 is 4.79 Å². The third kappa shape index (κ3) is 8.19. The number of hydrogen-bond donors (Lipinski definition) is 2. The molecule has 2 N–H and O–H groups in total. The first-order valence-corrected chi connectivity index (χ1v) is 8.53. The van der Waals surface area contributed by atoms with Crippen LogP contribution in [0.2, 0.25) is 5.02 Å². The molecule has 0 saturated heterocycles. The van der Waals surface area contributed by atoms with Crippen LogP contribution in [0.3, 0.4) is 0 Å². The number of benzene rings is 1. The van der Waals surface area contributed by atoms with Gasteiger partial charge in [-0.1, -0.05) is 29.8 Å². The van der Waals surface area contributed by atoms with Gasteiger partial charge >= 0.3 is 0 Å². The molecule has 0 aliphatic rings. The fourth-order valence-electron chi connectivity index (χ4n) is 2.15. The summed E-state index contributed by atoms with van der Waals surface area (Å²) in [7, 11) is 0. The highest BCUT2D eigenvalue weighted by molar-refractivity contribution is 14.0. The third-order valence-corrected chi connectivity index (χ3v) is 3.83. The van der Waals surface area contributed by atoms with E-state index in [1.165, 1.54) is 0 Å². The summed E-state index contributed by atoms with van der Waals surface area (Å²) < 4.78 is 0. The zero-order chi connectivity index (χ0) is 17.1. The van der Waals surface area contributed by atoms with Gasteiger partial charge in [0.25, 0.3) is 0 Å². The lowest BCUT2D eigenvalue weighted by Crippen LogP contribution is -2.40. The minimum absolute atomic E-state index is 0. The van der Waals surface area contributed by atoms with E-state index < -0.39 is 0 Å². The highest BCUT2D eigenvalue weighted by atomic mass is 127. The van der Waals surface area contributed by atoms with Gasteiger partial charge in [-0.2, -0.15) is 0 Å². The molecule has 136 valence electrons. The largest absolute Gasteiger partial charge is 0.357 e. The van der Waals surface area contributed by atoms with Crippen molar-refractivity contribution in [3.63, 3.8) is 0 Å². The fraction of sp³-hybridized carbons (Fsp3) is 0.529. The van der Waals surface area contributed by atoms with E-state index in [1.54, 1.807) is 0 Å². The molecule has 0 aliphatic heterocycles. The predicted octanol–water partition coefficient (Wildman–Crippen LogP) is 3.27. The van der Waals surface area contributed by atoms with Crippen LogP contribution >= 0.6 is 35.6 Å². The highest BCUT2D eigenvalue weighted by Crippen LogP contribution is 2.15. The Bertz CT molecular complexity index is 521. The highest BCUT2D eigenvalue weighted by Gasteiger charge is 2.09. The molecule has 1 rings (SSSR count). The molecule has 24 heavy (non-hydrogen) atoms. The molecule has 0 fully saturated rings. The topological polar surface area (TPSA) is 56.7 Å². The van der Waals surface area contributed by atoms with Gasteiger partial charge in [-0.3, -0.25) is 4.79 Å². The molecule has 0 aliphatic carbocycles. The maximum Gasteiger partial charge on any atom is 0.224 e. The second-order valence-electron chi connectivity index (χ2n) is 5.03. The van der Waals surface area contributed by atoms with Crippen LogP contribution in [0.1, 0.15) is 32.8 Å². The van der Waals surface area contributed by atoms with Crippen molar-refractivity contribution in [3.05, 3.63) is 34.9 Å². The summed E-state index contributed by atoms with van der Waals surface area (Å²) in [5.41, 5.74) is 0.977. The molecule has 1 aromatic rings. The van der Waals surface area contributed by atoms with Crippen molar-refractivity contribution >= 4 is 47.4 Å². The van der Waals surface area contributed by atoms with E-state index in [0.717, 1.165) is 25.2 Å². The van der Waals surface area contributed by atoms with E-state index in [1.807, 2.05) is 49.9 Å². The monoisotopic (exact) mass is 466 g/mol. The van der Waals surface area contributed by atoms with Gasteiger partial charge in [0.15, 0.2) is 5.96 Å². The van der Waals surface area contributed by atoms with Crippen molar-refractivity contribution in [3.8, 4) is 0 Å². The normalized spacial score (nSPS) is 10.8. The Morgan fingerprint density at radius 1 is 1.17 bits per heavy atom. The van der Waals surface area contributed by atoms with Crippen LogP contribution in [-0.2, 0) is 11.3 Å². The Hall–Kier alpha value is -1.02. The van der Waals surface area contributed by atoms with Crippen LogP contribution in [0.5, 0.6) is 0 Å². The number of carbonyl (C=O) groups is 1. The van der Waals surface area contributed by atoms with Crippen LogP contribution in [-0.4, -0.2) is 42.9 Å². The summed E-state index contributed by atoms with van der Waals surface area (Å²) in [5.74, 6) is 0.851. The average molecular weight is 467 g/mol. The molecule has 5 nitrogen and oxygen atoms in total. The van der Waals surface area contributed by atoms with Gasteiger partial charge in [-0.15, -0.1) is 24.0 Å². The molecule has 0 unspecified atom stereocenters. The Morgan fingerprint density at radius 3 is 2.42 bits per heavy atom. The predicted molar refractivity (Wildman–Crippen MR) is 112 cm³/mol. The number of hydrogen-bond acceptors (Lipinski definition) is 2. The lowest BCUT2D eigenvalue weighted by atomic mass is 10.2. The van der Waals surface area contributed by atoms with E-state index in [4.69, 9.17) is 11.6 Å². The van der Waals surface area contributed by atoms with Crippen molar-refractivity contribution in [1.29, 1.82) is 0 Å². The number of amides is 1. The summed E-state index contributed by atoms with van der Waals surface area (Å²) in [5, 5.41) is 7.08. The minimum atomic E-state index is 0. The number of nitrogens with zero attached hydrogens (tertiary/aromatic N) is 2. The molecule has 7 heteroatoms. The molecule has 0 atom stereocenters. The maximum absolute atomic E-state index is 12.0. The van der Waals surface area contributed by atoms with Crippen LogP contribution < -0.4 is 10.6 Å². The van der Waals surface area contributed by atoms with E-state index in [0.29, 0.717) is 30.5 Å². The summed E-state index contributed by atoms with van der Waals surface area (Å²) >= 11 is 6.14. The summed E-state index contributed by atoms with van der Waals surface area (Å²) in [6, 6.07) is 7.66. The molecule has 0 heterocycles. The van der Waals surface area contributed by atoms with Crippen LogP contribution in [0.25, 0.3) is 0 Å². The van der Waals surface area contributed by atoms with Gasteiger partial charge in [-0.05, 0) is 32.4 Å². The molecule has 0 bridgehead atoms. The average Bonchev–Trinajstić information content (AvgIpc) is 2.55. The molecule has 0 radical (unpaired) electrons. The molecular weight excluding hydrogens is 439 g/mol. The first-order valence-electron chi connectivity index (χ1n) is 8.15. The number of halogens is 2. The van der Waals surface area contributed by atoms with E-state index in [9.17, 15) is 4.79 Å².